The van der Waals surface area contributed by atoms with E-state index in [9.17, 15) is 9.90 Å². The van der Waals surface area contributed by atoms with Gasteiger partial charge in [0.05, 0.1) is 34.1 Å². The second kappa shape index (κ2) is 9.50. The standard InChI is InChI=1S/C29H23IN2O4S/c1-35-23-12-9-18(15-24(23)36-2)27-20-10-8-17-5-3-4-6-19(17)26(20)31-29-32(27)28(34)25(37-29)14-16-7-11-22(33)21(30)13-16/h3-7,9,11-15,27,33H,8,10H2,1-2H3. The van der Waals surface area contributed by atoms with Gasteiger partial charge in [-0.15, -0.1) is 0 Å². The number of hydrogen-bond donors (Lipinski definition) is 1. The summed E-state index contributed by atoms with van der Waals surface area (Å²) < 4.78 is 14.2. The molecule has 1 aliphatic carbocycles. The van der Waals surface area contributed by atoms with Crippen LogP contribution in [-0.4, -0.2) is 23.9 Å². The van der Waals surface area contributed by atoms with Crippen molar-refractivity contribution in [2.24, 2.45) is 4.99 Å². The van der Waals surface area contributed by atoms with E-state index in [2.05, 4.69) is 40.8 Å². The summed E-state index contributed by atoms with van der Waals surface area (Å²) in [5.41, 5.74) is 6.19. The van der Waals surface area contributed by atoms with Gasteiger partial charge in [-0.2, -0.15) is 0 Å². The molecule has 8 heteroatoms. The van der Waals surface area contributed by atoms with Crippen LogP contribution >= 0.6 is 33.9 Å². The van der Waals surface area contributed by atoms with E-state index in [-0.39, 0.29) is 17.4 Å². The molecule has 6 nitrogen and oxygen atoms in total. The van der Waals surface area contributed by atoms with Gasteiger partial charge in [-0.25, -0.2) is 4.99 Å². The number of allylic oxidation sites excluding steroid dienone is 1. The number of fused-ring (bicyclic) bond motifs is 3. The van der Waals surface area contributed by atoms with Crippen molar-refractivity contribution in [1.82, 2.24) is 4.57 Å². The topological polar surface area (TPSA) is 73.0 Å². The zero-order chi connectivity index (χ0) is 25.7. The molecule has 1 aliphatic heterocycles. The Morgan fingerprint density at radius 1 is 1.05 bits per heavy atom. The van der Waals surface area contributed by atoms with Gasteiger partial charge >= 0.3 is 0 Å². The molecular formula is C29H23IN2O4S. The molecule has 4 aromatic rings. The van der Waals surface area contributed by atoms with E-state index < -0.39 is 0 Å². The maximum Gasteiger partial charge on any atom is 0.271 e. The van der Waals surface area contributed by atoms with E-state index in [0.717, 1.165) is 44.4 Å². The van der Waals surface area contributed by atoms with Gasteiger partial charge in [0.25, 0.3) is 5.56 Å². The second-order valence-corrected chi connectivity index (χ2v) is 11.1. The van der Waals surface area contributed by atoms with E-state index in [1.165, 1.54) is 16.9 Å². The van der Waals surface area contributed by atoms with Crippen molar-refractivity contribution in [2.45, 2.75) is 18.9 Å². The van der Waals surface area contributed by atoms with Crippen LogP contribution in [0, 0.1) is 3.57 Å². The van der Waals surface area contributed by atoms with Crippen molar-refractivity contribution in [3.63, 3.8) is 0 Å². The predicted octanol–water partition coefficient (Wildman–Crippen LogP) is 4.65. The van der Waals surface area contributed by atoms with E-state index in [1.807, 2.05) is 47.0 Å². The Labute approximate surface area is 231 Å². The number of benzene rings is 3. The van der Waals surface area contributed by atoms with Gasteiger partial charge in [0, 0.05) is 5.56 Å². The molecule has 0 amide bonds. The summed E-state index contributed by atoms with van der Waals surface area (Å²) in [6, 6.07) is 19.2. The zero-order valence-corrected chi connectivity index (χ0v) is 23.2. The van der Waals surface area contributed by atoms with Crippen LogP contribution in [0.4, 0.5) is 0 Å². The summed E-state index contributed by atoms with van der Waals surface area (Å²) in [4.78, 5) is 19.6. The molecule has 0 bridgehead atoms. The number of methoxy groups -OCH3 is 2. The normalized spacial score (nSPS) is 16.5. The highest BCUT2D eigenvalue weighted by Gasteiger charge is 2.33. The van der Waals surface area contributed by atoms with Gasteiger partial charge in [-0.3, -0.25) is 9.36 Å². The molecule has 1 atom stereocenters. The lowest BCUT2D eigenvalue weighted by atomic mass is 9.83. The smallest absolute Gasteiger partial charge is 0.271 e. The number of halogens is 1. The number of aromatic nitrogens is 1. The number of aryl methyl sites for hydroxylation is 1. The summed E-state index contributed by atoms with van der Waals surface area (Å²) in [5, 5.41) is 9.91. The summed E-state index contributed by atoms with van der Waals surface area (Å²) in [7, 11) is 3.23. The number of nitrogens with zero attached hydrogens (tertiary/aromatic N) is 2. The molecule has 2 heterocycles. The minimum Gasteiger partial charge on any atom is -0.507 e. The molecule has 1 N–H and O–H groups in total. The Hall–Kier alpha value is -3.37. The number of aromatic hydroxyl groups is 1. The van der Waals surface area contributed by atoms with Crippen molar-refractivity contribution < 1.29 is 14.6 Å². The van der Waals surface area contributed by atoms with Crippen LogP contribution in [0.5, 0.6) is 17.2 Å². The fourth-order valence-electron chi connectivity index (χ4n) is 5.11. The molecule has 37 heavy (non-hydrogen) atoms. The average Bonchev–Trinajstić information content (AvgIpc) is 3.23. The molecule has 0 saturated heterocycles. The minimum atomic E-state index is -0.304. The van der Waals surface area contributed by atoms with Crippen molar-refractivity contribution in [1.29, 1.82) is 0 Å². The van der Waals surface area contributed by atoms with Crippen molar-refractivity contribution in [3.05, 3.63) is 112 Å². The van der Waals surface area contributed by atoms with Gasteiger partial charge in [0.2, 0.25) is 0 Å². The van der Waals surface area contributed by atoms with Crippen molar-refractivity contribution in [2.75, 3.05) is 14.2 Å². The highest BCUT2D eigenvalue weighted by Crippen LogP contribution is 2.42. The lowest BCUT2D eigenvalue weighted by Gasteiger charge is -2.31. The number of rotatable bonds is 4. The summed E-state index contributed by atoms with van der Waals surface area (Å²) in [5.74, 6) is 1.49. The molecule has 0 spiro atoms. The third kappa shape index (κ3) is 4.08. The maximum atomic E-state index is 13.9. The molecule has 0 saturated carbocycles. The largest absolute Gasteiger partial charge is 0.507 e. The SMILES string of the molecule is COc1ccc(C2C3=C(N=c4sc(=Cc5ccc(O)c(I)c5)c(=O)n42)c2ccccc2CC3)cc1OC. The van der Waals surface area contributed by atoms with Gasteiger partial charge in [0.1, 0.15) is 5.75 Å². The number of phenols is 1. The summed E-state index contributed by atoms with van der Waals surface area (Å²) >= 11 is 3.47. The lowest BCUT2D eigenvalue weighted by Crippen LogP contribution is -2.38. The second-order valence-electron chi connectivity index (χ2n) is 8.94. The molecule has 0 radical (unpaired) electrons. The highest BCUT2D eigenvalue weighted by atomic mass is 127. The molecule has 6 rings (SSSR count). The third-order valence-electron chi connectivity index (χ3n) is 6.87. The van der Waals surface area contributed by atoms with Gasteiger partial charge in [-0.1, -0.05) is 47.7 Å². The van der Waals surface area contributed by atoms with Crippen molar-refractivity contribution in [3.8, 4) is 17.2 Å². The first-order chi connectivity index (χ1) is 18.0. The molecular weight excluding hydrogens is 599 g/mol. The van der Waals surface area contributed by atoms with Crippen LogP contribution in [0.25, 0.3) is 11.8 Å². The van der Waals surface area contributed by atoms with Crippen LogP contribution in [-0.2, 0) is 6.42 Å². The number of thiazole rings is 1. The molecule has 1 unspecified atom stereocenters. The summed E-state index contributed by atoms with van der Waals surface area (Å²) in [6.07, 6.45) is 3.58. The van der Waals surface area contributed by atoms with E-state index >= 15 is 0 Å². The predicted molar refractivity (Wildman–Crippen MR) is 153 cm³/mol. The Kier molecular flexibility index (Phi) is 6.16. The molecule has 0 fully saturated rings. The van der Waals surface area contributed by atoms with Crippen LogP contribution in [0.15, 0.2) is 76.0 Å². The quantitative estimate of drug-likeness (QED) is 0.337. The average molecular weight is 622 g/mol. The van der Waals surface area contributed by atoms with Crippen LogP contribution < -0.4 is 24.4 Å². The first kappa shape index (κ1) is 24.0. The van der Waals surface area contributed by atoms with Gasteiger partial charge in [0.15, 0.2) is 16.3 Å². The fraction of sp³-hybridized carbons (Fsp3) is 0.172. The Morgan fingerprint density at radius 2 is 1.86 bits per heavy atom. The third-order valence-corrected chi connectivity index (χ3v) is 8.71. The van der Waals surface area contributed by atoms with E-state index in [0.29, 0.717) is 20.8 Å². The molecule has 1 aromatic heterocycles. The minimum absolute atomic E-state index is 0.0861. The van der Waals surface area contributed by atoms with E-state index in [1.54, 1.807) is 20.3 Å². The monoisotopic (exact) mass is 622 g/mol. The summed E-state index contributed by atoms with van der Waals surface area (Å²) in [6.45, 7) is 0. The Bertz CT molecular complexity index is 1770. The Morgan fingerprint density at radius 3 is 2.65 bits per heavy atom. The number of phenolic OH excluding ortho intramolecular Hbond substituents is 1. The fourth-order valence-corrected chi connectivity index (χ4v) is 6.65. The van der Waals surface area contributed by atoms with Crippen LogP contribution in [0.1, 0.15) is 34.7 Å². The maximum absolute atomic E-state index is 13.9. The number of ether oxygens (including phenoxy) is 2. The zero-order valence-electron chi connectivity index (χ0n) is 20.2. The lowest BCUT2D eigenvalue weighted by molar-refractivity contribution is 0.354. The first-order valence-corrected chi connectivity index (χ1v) is 13.7. The van der Waals surface area contributed by atoms with Gasteiger partial charge in [-0.05, 0) is 88.0 Å². The molecule has 2 aliphatic rings. The highest BCUT2D eigenvalue weighted by molar-refractivity contribution is 14.1. The number of hydrogen-bond acceptors (Lipinski definition) is 6. The van der Waals surface area contributed by atoms with Gasteiger partial charge < -0.3 is 14.6 Å². The molecule has 3 aromatic carbocycles. The van der Waals surface area contributed by atoms with Crippen LogP contribution in [0.3, 0.4) is 0 Å². The Balaban J connectivity index is 1.62. The van der Waals surface area contributed by atoms with Crippen LogP contribution in [0.2, 0.25) is 0 Å². The van der Waals surface area contributed by atoms with Crippen molar-refractivity contribution >= 4 is 45.7 Å². The first-order valence-electron chi connectivity index (χ1n) is 11.8. The van der Waals surface area contributed by atoms with E-state index in [4.69, 9.17) is 14.5 Å². The molecule has 186 valence electrons.